The monoisotopic (exact) mass is 868 g/mol. The molecule has 5 nitrogen and oxygen atoms in total. The molecular weight excluding hydrogens is 829 g/mol. The van der Waals surface area contributed by atoms with Crippen molar-refractivity contribution in [3.8, 4) is 84.4 Å². The van der Waals surface area contributed by atoms with Crippen LogP contribution in [0.4, 0.5) is 0 Å². The Kier molecular flexibility index (Phi) is 9.43. The van der Waals surface area contributed by atoms with Gasteiger partial charge in [-0.1, -0.05) is 194 Å². The van der Waals surface area contributed by atoms with Crippen LogP contribution in [-0.2, 0) is 0 Å². The van der Waals surface area contributed by atoms with E-state index in [-0.39, 0.29) is 0 Å². The Labute approximate surface area is 392 Å². The van der Waals surface area contributed by atoms with E-state index in [1.807, 2.05) is 24.3 Å². The second kappa shape index (κ2) is 16.4. The number of furan rings is 1. The van der Waals surface area contributed by atoms with Crippen molar-refractivity contribution in [2.75, 3.05) is 0 Å². The van der Waals surface area contributed by atoms with E-state index in [1.165, 1.54) is 10.8 Å². The summed E-state index contributed by atoms with van der Waals surface area (Å²) in [7, 11) is 0. The molecule has 0 atom stereocenters. The number of hydrogen-bond donors (Lipinski definition) is 0. The van der Waals surface area contributed by atoms with E-state index >= 15 is 0 Å². The van der Waals surface area contributed by atoms with Gasteiger partial charge in [0.1, 0.15) is 11.2 Å². The van der Waals surface area contributed by atoms with Crippen molar-refractivity contribution in [1.82, 2.24) is 19.5 Å². The number of rotatable bonds is 8. The molecule has 10 aromatic carbocycles. The van der Waals surface area contributed by atoms with Gasteiger partial charge in [-0.25, -0.2) is 15.0 Å². The lowest BCUT2D eigenvalue weighted by atomic mass is 9.99. The highest BCUT2D eigenvalue weighted by Gasteiger charge is 2.21. The summed E-state index contributed by atoms with van der Waals surface area (Å²) < 4.78 is 8.97. The fraction of sp³-hybridized carbons (Fsp3) is 0. The van der Waals surface area contributed by atoms with E-state index in [0.29, 0.717) is 17.5 Å². The van der Waals surface area contributed by atoms with Crippen molar-refractivity contribution in [3.05, 3.63) is 243 Å². The Bertz CT molecular complexity index is 3920. The molecule has 0 fully saturated rings. The molecule has 318 valence electrons. The molecule has 5 heteroatoms. The van der Waals surface area contributed by atoms with Crippen LogP contribution in [0.5, 0.6) is 0 Å². The molecule has 68 heavy (non-hydrogen) atoms. The average Bonchev–Trinajstić information content (AvgIpc) is 3.97. The van der Waals surface area contributed by atoms with E-state index in [9.17, 15) is 0 Å². The highest BCUT2D eigenvalue weighted by atomic mass is 16.3. The van der Waals surface area contributed by atoms with Gasteiger partial charge in [0.25, 0.3) is 0 Å². The molecule has 0 radical (unpaired) electrons. The standard InChI is InChI=1S/C63H40N4O/c1-4-17-41(18-5-1)44-23-14-25-47(37-44)61-64-62(48-26-15-24-45(38-48)42-19-6-2-7-20-42)66-63(65-61)49-34-36-57(55(39-49)43-21-8-3-9-22-43)67-56-31-12-10-27-51(56)52-35-33-46(40-58(52)67)50-29-16-30-54-53-28-11-13-32-59(53)68-60(50)54/h1-40H. The van der Waals surface area contributed by atoms with Crippen molar-refractivity contribution in [2.45, 2.75) is 0 Å². The van der Waals surface area contributed by atoms with Gasteiger partial charge in [0.05, 0.1) is 16.7 Å². The maximum absolute atomic E-state index is 6.56. The second-order valence-electron chi connectivity index (χ2n) is 17.2. The highest BCUT2D eigenvalue weighted by molar-refractivity contribution is 6.13. The minimum Gasteiger partial charge on any atom is -0.455 e. The van der Waals surface area contributed by atoms with Crippen molar-refractivity contribution in [1.29, 1.82) is 0 Å². The maximum Gasteiger partial charge on any atom is 0.164 e. The Morgan fingerprint density at radius 2 is 0.765 bits per heavy atom. The van der Waals surface area contributed by atoms with E-state index in [4.69, 9.17) is 19.4 Å². The van der Waals surface area contributed by atoms with Crippen LogP contribution in [0.1, 0.15) is 0 Å². The van der Waals surface area contributed by atoms with Crippen LogP contribution < -0.4 is 0 Å². The molecule has 0 spiro atoms. The van der Waals surface area contributed by atoms with Crippen LogP contribution in [0.25, 0.3) is 128 Å². The summed E-state index contributed by atoms with van der Waals surface area (Å²) in [5.41, 5.74) is 16.5. The fourth-order valence-corrected chi connectivity index (χ4v) is 9.79. The lowest BCUT2D eigenvalue weighted by molar-refractivity contribution is 0.670. The molecule has 0 aliphatic heterocycles. The number of fused-ring (bicyclic) bond motifs is 6. The quantitative estimate of drug-likeness (QED) is 0.153. The number of aromatic nitrogens is 4. The maximum atomic E-state index is 6.56. The van der Waals surface area contributed by atoms with Gasteiger partial charge in [0, 0.05) is 49.4 Å². The second-order valence-corrected chi connectivity index (χ2v) is 17.2. The molecule has 3 aromatic heterocycles. The molecule has 3 heterocycles. The Balaban J connectivity index is 1.01. The summed E-state index contributed by atoms with van der Waals surface area (Å²) in [4.78, 5) is 15.8. The zero-order valence-electron chi connectivity index (χ0n) is 36.8. The Hall–Kier alpha value is -9.19. The van der Waals surface area contributed by atoms with Crippen molar-refractivity contribution in [3.63, 3.8) is 0 Å². The molecule has 0 unspecified atom stereocenters. The van der Waals surface area contributed by atoms with Crippen LogP contribution in [0.3, 0.4) is 0 Å². The molecule has 0 N–H and O–H groups in total. The summed E-state index contributed by atoms with van der Waals surface area (Å²) in [6.45, 7) is 0. The normalized spacial score (nSPS) is 11.5. The third kappa shape index (κ3) is 6.84. The summed E-state index contributed by atoms with van der Waals surface area (Å²) in [6.07, 6.45) is 0. The molecule has 13 aromatic rings. The van der Waals surface area contributed by atoms with Gasteiger partial charge in [-0.15, -0.1) is 0 Å². The molecule has 0 saturated carbocycles. The van der Waals surface area contributed by atoms with Crippen LogP contribution in [-0.4, -0.2) is 19.5 Å². The molecule has 0 amide bonds. The van der Waals surface area contributed by atoms with Crippen molar-refractivity contribution < 1.29 is 4.42 Å². The number of benzene rings is 10. The van der Waals surface area contributed by atoms with Gasteiger partial charge < -0.3 is 8.98 Å². The first-order valence-electron chi connectivity index (χ1n) is 22.9. The van der Waals surface area contributed by atoms with Gasteiger partial charge in [-0.3, -0.25) is 0 Å². The molecule has 13 rings (SSSR count). The fourth-order valence-electron chi connectivity index (χ4n) is 9.79. The first kappa shape index (κ1) is 39.2. The van der Waals surface area contributed by atoms with Gasteiger partial charge in [-0.2, -0.15) is 0 Å². The van der Waals surface area contributed by atoms with Crippen LogP contribution in [0.2, 0.25) is 0 Å². The van der Waals surface area contributed by atoms with Gasteiger partial charge >= 0.3 is 0 Å². The van der Waals surface area contributed by atoms with Crippen LogP contribution >= 0.6 is 0 Å². The van der Waals surface area contributed by atoms with E-state index in [2.05, 4.69) is 223 Å². The van der Waals surface area contributed by atoms with Gasteiger partial charge in [-0.05, 0) is 81.9 Å². The highest BCUT2D eigenvalue weighted by Crippen LogP contribution is 2.42. The predicted octanol–water partition coefficient (Wildman–Crippen LogP) is 16.5. The zero-order chi connectivity index (χ0) is 45.0. The predicted molar refractivity (Wildman–Crippen MR) is 279 cm³/mol. The first-order valence-corrected chi connectivity index (χ1v) is 22.9. The number of para-hydroxylation sites is 3. The smallest absolute Gasteiger partial charge is 0.164 e. The molecular formula is C63H40N4O. The Morgan fingerprint density at radius 1 is 0.279 bits per heavy atom. The zero-order valence-corrected chi connectivity index (χ0v) is 36.8. The summed E-state index contributed by atoms with van der Waals surface area (Å²) in [5, 5.41) is 4.58. The van der Waals surface area contributed by atoms with Gasteiger partial charge in [0.2, 0.25) is 0 Å². The molecule has 0 saturated heterocycles. The largest absolute Gasteiger partial charge is 0.455 e. The Morgan fingerprint density at radius 3 is 1.43 bits per heavy atom. The SMILES string of the molecule is c1ccc(-c2cccc(-c3nc(-c4cccc(-c5ccccc5)c4)nc(-c4ccc(-n5c6ccccc6c6ccc(-c7cccc8c7oc7ccccc78)cc65)c(-c5ccccc5)c4)n3)c2)cc1. The lowest BCUT2D eigenvalue weighted by Crippen LogP contribution is -2.02. The van der Waals surface area contributed by atoms with E-state index in [0.717, 1.165) is 99.9 Å². The minimum atomic E-state index is 0.590. The number of nitrogens with zero attached hydrogens (tertiary/aromatic N) is 4. The van der Waals surface area contributed by atoms with Crippen LogP contribution in [0.15, 0.2) is 247 Å². The van der Waals surface area contributed by atoms with Crippen LogP contribution in [0, 0.1) is 0 Å². The third-order valence-corrected chi connectivity index (χ3v) is 13.1. The summed E-state index contributed by atoms with van der Waals surface area (Å²) in [5.74, 6) is 1.80. The lowest BCUT2D eigenvalue weighted by Gasteiger charge is -2.17. The molecule has 0 bridgehead atoms. The average molecular weight is 869 g/mol. The first-order chi connectivity index (χ1) is 33.7. The van der Waals surface area contributed by atoms with Crippen molar-refractivity contribution >= 4 is 43.7 Å². The molecule has 0 aliphatic rings. The summed E-state index contributed by atoms with van der Waals surface area (Å²) >= 11 is 0. The summed E-state index contributed by atoms with van der Waals surface area (Å²) in [6, 6.07) is 85.2. The van der Waals surface area contributed by atoms with Gasteiger partial charge in [0.15, 0.2) is 17.5 Å². The molecule has 0 aliphatic carbocycles. The van der Waals surface area contributed by atoms with E-state index < -0.39 is 0 Å². The third-order valence-electron chi connectivity index (χ3n) is 13.1. The van der Waals surface area contributed by atoms with Crippen molar-refractivity contribution in [2.24, 2.45) is 0 Å². The topological polar surface area (TPSA) is 56.7 Å². The minimum absolute atomic E-state index is 0.590. The number of hydrogen-bond acceptors (Lipinski definition) is 4. The van der Waals surface area contributed by atoms with E-state index in [1.54, 1.807) is 0 Å².